The zero-order valence-corrected chi connectivity index (χ0v) is 14.7. The molecule has 0 aliphatic heterocycles. The number of nitrogens with zero attached hydrogens (tertiary/aromatic N) is 1. The van der Waals surface area contributed by atoms with E-state index in [1.165, 1.54) is 11.3 Å². The van der Waals surface area contributed by atoms with Crippen molar-refractivity contribution >= 4 is 22.4 Å². The molecule has 23 heavy (non-hydrogen) atoms. The number of aromatic nitrogens is 1. The standard InChI is InChI=1S/C17H22N2O3S/c1-11(2)5-8-16(20)19-17-18-14(10-23-17)13-9-12(21-3)6-7-15(13)22-4/h6-7,9-11H,5,8H2,1-4H3,(H,18,19,20). The lowest BCUT2D eigenvalue weighted by atomic mass is 10.1. The summed E-state index contributed by atoms with van der Waals surface area (Å²) in [6.07, 6.45) is 1.38. The molecule has 1 heterocycles. The number of hydrogen-bond donors (Lipinski definition) is 1. The van der Waals surface area contributed by atoms with Crippen LogP contribution in [-0.4, -0.2) is 25.1 Å². The summed E-state index contributed by atoms with van der Waals surface area (Å²) in [4.78, 5) is 16.4. The first-order valence-electron chi connectivity index (χ1n) is 7.51. The summed E-state index contributed by atoms with van der Waals surface area (Å²) in [5, 5.41) is 5.34. The number of nitrogens with one attached hydrogen (secondary N) is 1. The van der Waals surface area contributed by atoms with Crippen molar-refractivity contribution in [3.63, 3.8) is 0 Å². The zero-order chi connectivity index (χ0) is 16.8. The fraction of sp³-hybridized carbons (Fsp3) is 0.412. The molecule has 6 heteroatoms. The highest BCUT2D eigenvalue weighted by Gasteiger charge is 2.13. The van der Waals surface area contributed by atoms with Gasteiger partial charge in [-0.15, -0.1) is 11.3 Å². The van der Waals surface area contributed by atoms with E-state index in [0.29, 0.717) is 23.2 Å². The van der Waals surface area contributed by atoms with Gasteiger partial charge >= 0.3 is 0 Å². The van der Waals surface area contributed by atoms with Gasteiger partial charge in [0, 0.05) is 17.4 Å². The number of carbonyl (C=O) groups excluding carboxylic acids is 1. The number of hydrogen-bond acceptors (Lipinski definition) is 5. The lowest BCUT2D eigenvalue weighted by molar-refractivity contribution is -0.116. The normalized spacial score (nSPS) is 10.7. The molecule has 1 aromatic carbocycles. The first-order valence-corrected chi connectivity index (χ1v) is 8.39. The van der Waals surface area contributed by atoms with E-state index < -0.39 is 0 Å². The average molecular weight is 334 g/mol. The summed E-state index contributed by atoms with van der Waals surface area (Å²) >= 11 is 1.40. The maximum atomic E-state index is 11.9. The highest BCUT2D eigenvalue weighted by Crippen LogP contribution is 2.35. The van der Waals surface area contributed by atoms with Gasteiger partial charge in [-0.3, -0.25) is 4.79 Å². The van der Waals surface area contributed by atoms with Gasteiger partial charge in [0.1, 0.15) is 11.5 Å². The third-order valence-electron chi connectivity index (χ3n) is 3.38. The predicted molar refractivity (Wildman–Crippen MR) is 93.4 cm³/mol. The van der Waals surface area contributed by atoms with Crippen LogP contribution >= 0.6 is 11.3 Å². The molecule has 2 rings (SSSR count). The summed E-state index contributed by atoms with van der Waals surface area (Å²) in [7, 11) is 3.24. The van der Waals surface area contributed by atoms with Crippen molar-refractivity contribution in [2.45, 2.75) is 26.7 Å². The molecule has 124 valence electrons. The number of anilines is 1. The van der Waals surface area contributed by atoms with E-state index in [9.17, 15) is 4.79 Å². The van der Waals surface area contributed by atoms with Crippen molar-refractivity contribution in [2.24, 2.45) is 5.92 Å². The van der Waals surface area contributed by atoms with E-state index in [2.05, 4.69) is 24.1 Å². The Morgan fingerprint density at radius 3 is 2.74 bits per heavy atom. The quantitative estimate of drug-likeness (QED) is 0.824. The van der Waals surface area contributed by atoms with Crippen molar-refractivity contribution in [1.82, 2.24) is 4.98 Å². The van der Waals surface area contributed by atoms with Crippen LogP contribution in [0.3, 0.4) is 0 Å². The van der Waals surface area contributed by atoms with Crippen LogP contribution in [0.15, 0.2) is 23.6 Å². The van der Waals surface area contributed by atoms with Gasteiger partial charge in [0.25, 0.3) is 0 Å². The van der Waals surface area contributed by atoms with E-state index in [0.717, 1.165) is 23.4 Å². The second-order valence-corrected chi connectivity index (χ2v) is 6.44. The van der Waals surface area contributed by atoms with Crippen LogP contribution in [0.2, 0.25) is 0 Å². The third kappa shape index (κ3) is 4.69. The maximum absolute atomic E-state index is 11.9. The van der Waals surface area contributed by atoms with Crippen molar-refractivity contribution in [2.75, 3.05) is 19.5 Å². The topological polar surface area (TPSA) is 60.5 Å². The highest BCUT2D eigenvalue weighted by molar-refractivity contribution is 7.14. The van der Waals surface area contributed by atoms with Gasteiger partial charge in [-0.05, 0) is 30.5 Å². The Labute approximate surface area is 140 Å². The van der Waals surface area contributed by atoms with Gasteiger partial charge in [0.15, 0.2) is 5.13 Å². The van der Waals surface area contributed by atoms with Crippen LogP contribution in [-0.2, 0) is 4.79 Å². The summed E-state index contributed by atoms with van der Waals surface area (Å²) in [6.45, 7) is 4.20. The van der Waals surface area contributed by atoms with Crippen molar-refractivity contribution in [3.05, 3.63) is 23.6 Å². The molecule has 0 fully saturated rings. The smallest absolute Gasteiger partial charge is 0.226 e. The SMILES string of the molecule is COc1ccc(OC)c(-c2csc(NC(=O)CCC(C)C)n2)c1. The number of amides is 1. The van der Waals surface area contributed by atoms with E-state index in [-0.39, 0.29) is 5.91 Å². The fourth-order valence-corrected chi connectivity index (χ4v) is 2.80. The third-order valence-corrected chi connectivity index (χ3v) is 4.14. The Hall–Kier alpha value is -2.08. The number of benzene rings is 1. The van der Waals surface area contributed by atoms with Crippen LogP contribution in [0.1, 0.15) is 26.7 Å². The zero-order valence-electron chi connectivity index (χ0n) is 13.9. The van der Waals surface area contributed by atoms with Gasteiger partial charge in [0.05, 0.1) is 19.9 Å². The Kier molecular flexibility index (Phi) is 5.98. The van der Waals surface area contributed by atoms with Crippen molar-refractivity contribution in [1.29, 1.82) is 0 Å². The molecular formula is C17H22N2O3S. The molecule has 0 aliphatic rings. The van der Waals surface area contributed by atoms with E-state index in [1.807, 2.05) is 23.6 Å². The number of ether oxygens (including phenoxy) is 2. The Bertz CT molecular complexity index is 668. The summed E-state index contributed by atoms with van der Waals surface area (Å²) in [6, 6.07) is 5.55. The molecule has 1 N–H and O–H groups in total. The van der Waals surface area contributed by atoms with E-state index in [1.54, 1.807) is 14.2 Å². The van der Waals surface area contributed by atoms with Gasteiger partial charge in [0.2, 0.25) is 5.91 Å². The fourth-order valence-electron chi connectivity index (χ4n) is 2.07. The molecule has 0 spiro atoms. The van der Waals surface area contributed by atoms with Crippen LogP contribution in [0.5, 0.6) is 11.5 Å². The molecule has 0 bridgehead atoms. The largest absolute Gasteiger partial charge is 0.497 e. The number of thiazole rings is 1. The van der Waals surface area contributed by atoms with Crippen LogP contribution in [0, 0.1) is 5.92 Å². The molecule has 0 unspecified atom stereocenters. The minimum Gasteiger partial charge on any atom is -0.497 e. The molecule has 1 aromatic heterocycles. The average Bonchev–Trinajstić information content (AvgIpc) is 3.00. The van der Waals surface area contributed by atoms with Crippen LogP contribution in [0.4, 0.5) is 5.13 Å². The monoisotopic (exact) mass is 334 g/mol. The second kappa shape index (κ2) is 7.97. The van der Waals surface area contributed by atoms with Crippen molar-refractivity contribution in [3.8, 4) is 22.8 Å². The predicted octanol–water partition coefficient (Wildman–Crippen LogP) is 4.20. The molecule has 0 saturated heterocycles. The first kappa shape index (κ1) is 17.3. The van der Waals surface area contributed by atoms with Crippen LogP contribution in [0.25, 0.3) is 11.3 Å². The number of rotatable bonds is 7. The Balaban J connectivity index is 2.14. The lowest BCUT2D eigenvalue weighted by Gasteiger charge is -2.08. The number of methoxy groups -OCH3 is 2. The number of carbonyl (C=O) groups is 1. The lowest BCUT2D eigenvalue weighted by Crippen LogP contribution is -2.11. The molecule has 1 amide bonds. The summed E-state index contributed by atoms with van der Waals surface area (Å²) in [5.41, 5.74) is 1.59. The summed E-state index contributed by atoms with van der Waals surface area (Å²) < 4.78 is 10.6. The molecule has 0 saturated carbocycles. The molecule has 0 aliphatic carbocycles. The first-order chi connectivity index (χ1) is 11.0. The van der Waals surface area contributed by atoms with Gasteiger partial charge in [-0.25, -0.2) is 4.98 Å². The van der Waals surface area contributed by atoms with Gasteiger partial charge in [-0.2, -0.15) is 0 Å². The van der Waals surface area contributed by atoms with Crippen molar-refractivity contribution < 1.29 is 14.3 Å². The highest BCUT2D eigenvalue weighted by atomic mass is 32.1. The summed E-state index contributed by atoms with van der Waals surface area (Å²) in [5.74, 6) is 1.95. The van der Waals surface area contributed by atoms with Crippen LogP contribution < -0.4 is 14.8 Å². The van der Waals surface area contributed by atoms with Gasteiger partial charge in [-0.1, -0.05) is 13.8 Å². The molecule has 0 atom stereocenters. The second-order valence-electron chi connectivity index (χ2n) is 5.58. The maximum Gasteiger partial charge on any atom is 0.226 e. The van der Waals surface area contributed by atoms with Gasteiger partial charge < -0.3 is 14.8 Å². The Morgan fingerprint density at radius 2 is 2.09 bits per heavy atom. The molecular weight excluding hydrogens is 312 g/mol. The van der Waals surface area contributed by atoms with E-state index in [4.69, 9.17) is 9.47 Å². The molecule has 5 nitrogen and oxygen atoms in total. The Morgan fingerprint density at radius 1 is 1.30 bits per heavy atom. The molecule has 2 aromatic rings. The molecule has 0 radical (unpaired) electrons. The van der Waals surface area contributed by atoms with E-state index >= 15 is 0 Å². The minimum absolute atomic E-state index is 0.00259. The minimum atomic E-state index is -0.00259.